The lowest BCUT2D eigenvalue weighted by atomic mass is 9.93. The molecule has 0 saturated carbocycles. The van der Waals surface area contributed by atoms with Gasteiger partial charge in [0.05, 0.1) is 70.6 Å². The van der Waals surface area contributed by atoms with Crippen molar-refractivity contribution in [2.24, 2.45) is 0 Å². The van der Waals surface area contributed by atoms with Gasteiger partial charge in [-0.3, -0.25) is 14.4 Å². The molecule has 0 aromatic rings. The van der Waals surface area contributed by atoms with Crippen molar-refractivity contribution in [3.63, 3.8) is 0 Å². The monoisotopic (exact) mass is 2000 g/mol. The molecule has 8 aliphatic heterocycles. The third kappa shape index (κ3) is 35.2. The highest BCUT2D eigenvalue weighted by atomic mass is 16.8. The van der Waals surface area contributed by atoms with Gasteiger partial charge in [-0.15, -0.1) is 0 Å². The zero-order chi connectivity index (χ0) is 101. The third-order valence-corrected chi connectivity index (χ3v) is 27.4. The lowest BCUT2D eigenvalue weighted by Crippen LogP contribution is -2.72. The fourth-order valence-corrected chi connectivity index (χ4v) is 19.0. The van der Waals surface area contributed by atoms with Crippen LogP contribution in [0.15, 0.2) is 12.2 Å². The van der Waals surface area contributed by atoms with Gasteiger partial charge in [-0.1, -0.05) is 219 Å². The highest BCUT2D eigenvalue weighted by Crippen LogP contribution is 2.41. The van der Waals surface area contributed by atoms with Crippen LogP contribution >= 0.6 is 0 Å². The van der Waals surface area contributed by atoms with E-state index in [0.29, 0.717) is 12.8 Å². The Labute approximate surface area is 808 Å². The molecule has 138 heavy (non-hydrogen) atoms. The number of amides is 3. The zero-order valence-corrected chi connectivity index (χ0v) is 81.0. The number of hydrogen-bond donors (Lipinski definition) is 25. The van der Waals surface area contributed by atoms with Crippen molar-refractivity contribution in [2.45, 2.75) is 518 Å². The van der Waals surface area contributed by atoms with Crippen LogP contribution in [0.1, 0.15) is 260 Å². The summed E-state index contributed by atoms with van der Waals surface area (Å²) in [6.45, 7) is 1.96. The predicted molar refractivity (Wildman–Crippen MR) is 484 cm³/mol. The van der Waals surface area contributed by atoms with Gasteiger partial charge in [0.15, 0.2) is 50.3 Å². The molecule has 25 N–H and O–H groups in total. The Morgan fingerprint density at radius 1 is 0.297 bits per heavy atom. The number of unbranched alkanes of at least 4 members (excludes halogenated alkanes) is 31. The lowest BCUT2D eigenvalue weighted by molar-refractivity contribution is -0.401. The van der Waals surface area contributed by atoms with E-state index in [9.17, 15) is 127 Å². The first kappa shape index (κ1) is 120. The van der Waals surface area contributed by atoms with Crippen molar-refractivity contribution in [3.05, 3.63) is 12.2 Å². The van der Waals surface area contributed by atoms with Gasteiger partial charge in [0.1, 0.15) is 183 Å². The number of ether oxygens (including phenoxy) is 16. The van der Waals surface area contributed by atoms with Crippen LogP contribution in [0, 0.1) is 0 Å². The Kier molecular flexibility index (Phi) is 54.5. The molecule has 0 radical (unpaired) electrons. The van der Waals surface area contributed by atoms with E-state index in [4.69, 9.17) is 75.8 Å². The summed E-state index contributed by atoms with van der Waals surface area (Å²) in [5, 5.41) is 257. The number of aliphatic hydroxyl groups is 22. The fourth-order valence-electron chi connectivity index (χ4n) is 19.0. The van der Waals surface area contributed by atoms with Crippen molar-refractivity contribution in [3.8, 4) is 0 Å². The Hall–Kier alpha value is -3.37. The molecular weight excluding hydrogens is 1830 g/mol. The Morgan fingerprint density at radius 3 is 1.03 bits per heavy atom. The van der Waals surface area contributed by atoms with E-state index >= 15 is 0 Å². The number of aliphatic hydroxyl groups excluding tert-OH is 22. The van der Waals surface area contributed by atoms with E-state index in [1.165, 1.54) is 162 Å². The first-order valence-electron chi connectivity index (χ1n) is 50.7. The van der Waals surface area contributed by atoms with Gasteiger partial charge in [0.25, 0.3) is 0 Å². The minimum Gasteiger partial charge on any atom is -0.394 e. The van der Waals surface area contributed by atoms with Crippen molar-refractivity contribution >= 4 is 17.7 Å². The van der Waals surface area contributed by atoms with E-state index in [1.807, 2.05) is 6.08 Å². The van der Waals surface area contributed by atoms with Gasteiger partial charge in [-0.25, -0.2) is 0 Å². The lowest BCUT2D eigenvalue weighted by Gasteiger charge is -2.52. The number of rotatable bonds is 62. The minimum atomic E-state index is -2.40. The predicted octanol–water partition coefficient (Wildman–Crippen LogP) is -2.38. The molecule has 0 bridgehead atoms. The summed E-state index contributed by atoms with van der Waals surface area (Å²) >= 11 is 0. The summed E-state index contributed by atoms with van der Waals surface area (Å²) in [5.41, 5.74) is 0. The number of allylic oxidation sites excluding steroid dienone is 1. The summed E-state index contributed by atoms with van der Waals surface area (Å²) in [6, 6.07) is -5.00. The summed E-state index contributed by atoms with van der Waals surface area (Å²) in [6.07, 6.45) is -34.1. The number of carbonyl (C=O) groups excluding carboxylic acids is 3. The maximum absolute atomic E-state index is 13.7. The highest BCUT2D eigenvalue weighted by Gasteiger charge is 2.61. The van der Waals surface area contributed by atoms with Gasteiger partial charge in [-0.05, 0) is 33.1 Å². The Bertz CT molecular complexity index is 3340. The van der Waals surface area contributed by atoms with Crippen LogP contribution in [0.5, 0.6) is 0 Å². The van der Waals surface area contributed by atoms with Gasteiger partial charge in [-0.2, -0.15) is 0 Å². The summed E-state index contributed by atoms with van der Waals surface area (Å²) in [7, 11) is 0. The molecule has 0 aromatic heterocycles. The molecule has 42 atom stereocenters. The number of hydrogen-bond acceptors (Lipinski definition) is 41. The van der Waals surface area contributed by atoms with Crippen LogP contribution in [-0.2, 0) is 90.2 Å². The van der Waals surface area contributed by atoms with E-state index in [0.717, 1.165) is 65.2 Å². The Balaban J connectivity index is 0.921. The summed E-state index contributed by atoms with van der Waals surface area (Å²) in [5.74, 6) is -2.24. The molecule has 0 aromatic carbocycles. The average molecular weight is 2000 g/mol. The van der Waals surface area contributed by atoms with E-state index in [-0.39, 0.29) is 12.3 Å². The molecular formula is C94H169N3O41. The smallest absolute Gasteiger partial charge is 0.220 e. The van der Waals surface area contributed by atoms with Gasteiger partial charge in [0, 0.05) is 20.3 Å². The SMILES string of the molecule is CCCCCCCCCCCCC/C=C/[C@@H](O)[C@H](CO[C@@H]1OC(CO)[C@@H](O[C@@H]2OC(CO)[C@H](O)[C@H](O[C@@H]3OC(CO)[C@@H](O[C@@H]4OC(CO)[C@H](O)[C@H](O[C@@H]5OC(CO)[C@@H](O[C@@H]6OC(CO)[C@H](O)[C@H](O)C6O[C@H]6OC(C)[C@@H](O)C(O)[C@@H]6O)[C@H](O[C@H]6OC(C)[C@@H](O)C(O)[C@@H]6O)C5NC(C)=O)C4O)[C@H](O)C3NC(C)=O)C2O)[C@H](O)C1O)NC(=O)CCCCCCCCCCCCCCCCCCCCCCC. The summed E-state index contributed by atoms with van der Waals surface area (Å²) < 4.78 is 96.8. The first-order valence-corrected chi connectivity index (χ1v) is 50.7. The van der Waals surface area contributed by atoms with Crippen molar-refractivity contribution in [2.75, 3.05) is 46.2 Å². The van der Waals surface area contributed by atoms with Crippen LogP contribution in [0.2, 0.25) is 0 Å². The molecule has 0 aliphatic carbocycles. The molecule has 8 saturated heterocycles. The van der Waals surface area contributed by atoms with Crippen molar-refractivity contribution in [1.29, 1.82) is 0 Å². The average Bonchev–Trinajstić information content (AvgIpc) is 0.755. The first-order chi connectivity index (χ1) is 66.2. The second-order valence-electron chi connectivity index (χ2n) is 38.4. The molecule has 8 aliphatic rings. The van der Waals surface area contributed by atoms with Gasteiger partial charge in [0.2, 0.25) is 17.7 Å². The molecule has 8 rings (SSSR count). The standard InChI is InChI=1S/C94H169N3O41/c1-7-9-11-13-15-17-19-21-22-23-24-25-26-27-28-30-32-34-36-38-40-42-62(107)97-54(55(106)41-39-37-35-33-31-29-20-18-16-14-12-10-8-2)49-123-89-77(120)74(117)81(60(47-102)131-89)133-93-78(121)84(68(111)57(44-99)127-93)136-87-63(95-52(5)104)70(113)80(59(46-101)129-87)132-92-79(122)85(69(112)58(45-100)126-92)137-88-64(96-53(6)105)83(135-90-75(118)71(114)65(108)50(3)124-90)82(61(48-103)130-88)134-94-86(73(116)67(110)56(43-98)128-94)138-91-76(119)72(115)66(109)51(4)125-91/h39,41,50-51,54-61,63-94,98-103,106,108-122H,7-38,40,42-49H2,1-6H3,(H,95,104)(H,96,105)(H,97,107)/b41-39+/t50?,51?,54-,55+,56?,57?,58?,59?,60?,61?,63?,64?,65+,66+,67-,68-,69-,70+,71?,72?,73-,74+,75-,76-,77?,78?,79?,80+,81+,82+,83+,84-,85-,86?,87-,88-,89+,90+,91+,92-,93-,94-/m0/s1. The zero-order valence-electron chi connectivity index (χ0n) is 81.0. The van der Waals surface area contributed by atoms with Crippen LogP contribution in [-0.4, -0.2) is 434 Å². The summed E-state index contributed by atoms with van der Waals surface area (Å²) in [4.78, 5) is 40.4. The topological polar surface area (TPSA) is 680 Å². The van der Waals surface area contributed by atoms with Gasteiger partial charge < -0.3 is 204 Å². The Morgan fingerprint density at radius 2 is 0.609 bits per heavy atom. The van der Waals surface area contributed by atoms with Crippen LogP contribution < -0.4 is 16.0 Å². The molecule has 8 fully saturated rings. The molecule has 806 valence electrons. The molecule has 3 amide bonds. The second kappa shape index (κ2) is 62.7. The normalized spacial score (nSPS) is 39.2. The largest absolute Gasteiger partial charge is 0.394 e. The van der Waals surface area contributed by atoms with Gasteiger partial charge >= 0.3 is 0 Å². The van der Waals surface area contributed by atoms with E-state index in [2.05, 4.69) is 29.8 Å². The highest BCUT2D eigenvalue weighted by molar-refractivity contribution is 5.76. The molecule has 44 nitrogen and oxygen atoms in total. The van der Waals surface area contributed by atoms with Crippen LogP contribution in [0.3, 0.4) is 0 Å². The van der Waals surface area contributed by atoms with E-state index < -0.39 is 316 Å². The molecule has 44 heteroatoms. The number of carbonyl (C=O) groups is 3. The quantitative estimate of drug-likeness (QED) is 0.0223. The van der Waals surface area contributed by atoms with Crippen LogP contribution in [0.4, 0.5) is 0 Å². The molecule has 8 heterocycles. The maximum Gasteiger partial charge on any atom is 0.220 e. The second-order valence-corrected chi connectivity index (χ2v) is 38.4. The minimum absolute atomic E-state index is 0.155. The fraction of sp³-hybridized carbons (Fsp3) is 0.947. The van der Waals surface area contributed by atoms with E-state index in [1.54, 1.807) is 6.08 Å². The number of nitrogens with one attached hydrogen (secondary N) is 3. The van der Waals surface area contributed by atoms with Crippen LogP contribution in [0.25, 0.3) is 0 Å². The third-order valence-electron chi connectivity index (χ3n) is 27.4. The van der Waals surface area contributed by atoms with Crippen molar-refractivity contribution in [1.82, 2.24) is 16.0 Å². The molecule has 0 spiro atoms. The molecule has 16 unspecified atom stereocenters. The van der Waals surface area contributed by atoms with Crippen molar-refractivity contribution < 1.29 is 203 Å². The maximum atomic E-state index is 13.7.